The molecular weight excluding hydrogens is 184 g/mol. The second-order valence-corrected chi connectivity index (χ2v) is 3.27. The van der Waals surface area contributed by atoms with Crippen LogP contribution in [0, 0.1) is 0 Å². The smallest absolute Gasteiger partial charge is 0.0538 e. The van der Waals surface area contributed by atoms with Gasteiger partial charge in [0.15, 0.2) is 0 Å². The van der Waals surface area contributed by atoms with Crippen molar-refractivity contribution in [3.05, 3.63) is 60.2 Å². The summed E-state index contributed by atoms with van der Waals surface area (Å²) in [6, 6.07) is 18.4. The molecule has 0 aliphatic rings. The van der Waals surface area contributed by atoms with Gasteiger partial charge in [-0.2, -0.15) is 5.10 Å². The van der Waals surface area contributed by atoms with Crippen molar-refractivity contribution in [1.29, 1.82) is 0 Å². The summed E-state index contributed by atoms with van der Waals surface area (Å²) in [6.07, 6.45) is 1.63. The average Bonchev–Trinajstić information content (AvgIpc) is 2.32. The van der Waals surface area contributed by atoms with Gasteiger partial charge in [0.05, 0.1) is 6.21 Å². The first kappa shape index (κ1) is 9.46. The Morgan fingerprint density at radius 3 is 2.00 bits per heavy atom. The maximum atomic E-state index is 5.08. The predicted molar refractivity (Wildman–Crippen MR) is 63.7 cm³/mol. The molecule has 2 nitrogen and oxygen atoms in total. The molecule has 0 aromatic heterocycles. The van der Waals surface area contributed by atoms with Gasteiger partial charge in [0, 0.05) is 0 Å². The van der Waals surface area contributed by atoms with Gasteiger partial charge in [0.25, 0.3) is 0 Å². The van der Waals surface area contributed by atoms with E-state index in [-0.39, 0.29) is 0 Å². The van der Waals surface area contributed by atoms with Crippen LogP contribution in [0.2, 0.25) is 0 Å². The van der Waals surface area contributed by atoms with Gasteiger partial charge in [0.2, 0.25) is 0 Å². The molecule has 0 saturated carbocycles. The van der Waals surface area contributed by atoms with E-state index >= 15 is 0 Å². The molecule has 2 heteroatoms. The van der Waals surface area contributed by atoms with Crippen molar-refractivity contribution < 1.29 is 0 Å². The molecule has 0 atom stereocenters. The van der Waals surface area contributed by atoms with Crippen molar-refractivity contribution >= 4 is 6.21 Å². The molecule has 0 saturated heterocycles. The van der Waals surface area contributed by atoms with Crippen LogP contribution in [-0.2, 0) is 0 Å². The summed E-state index contributed by atoms with van der Waals surface area (Å²) < 4.78 is 0. The summed E-state index contributed by atoms with van der Waals surface area (Å²) >= 11 is 0. The number of nitrogens with two attached hydrogens (primary N) is 1. The van der Waals surface area contributed by atoms with Crippen LogP contribution < -0.4 is 5.84 Å². The molecule has 0 fully saturated rings. The monoisotopic (exact) mass is 196 g/mol. The van der Waals surface area contributed by atoms with Gasteiger partial charge < -0.3 is 5.84 Å². The van der Waals surface area contributed by atoms with E-state index < -0.39 is 0 Å². The Bertz CT molecular complexity index is 444. The SMILES string of the molecule is N/N=C/c1ccc(-c2ccccc2)cc1. The van der Waals surface area contributed by atoms with Crippen LogP contribution in [0.15, 0.2) is 59.7 Å². The van der Waals surface area contributed by atoms with E-state index in [1.807, 2.05) is 30.3 Å². The fourth-order valence-corrected chi connectivity index (χ4v) is 1.48. The minimum atomic E-state index is 1.01. The fourth-order valence-electron chi connectivity index (χ4n) is 1.48. The number of benzene rings is 2. The first-order valence-electron chi connectivity index (χ1n) is 4.79. The Morgan fingerprint density at radius 1 is 0.800 bits per heavy atom. The van der Waals surface area contributed by atoms with Crippen molar-refractivity contribution in [2.45, 2.75) is 0 Å². The molecule has 0 aliphatic carbocycles. The van der Waals surface area contributed by atoms with Crippen LogP contribution in [0.1, 0.15) is 5.56 Å². The second-order valence-electron chi connectivity index (χ2n) is 3.27. The lowest BCUT2D eigenvalue weighted by molar-refractivity contribution is 1.26. The number of rotatable bonds is 2. The highest BCUT2D eigenvalue weighted by atomic mass is 15.1. The molecule has 2 rings (SSSR count). The quantitative estimate of drug-likeness (QED) is 0.447. The van der Waals surface area contributed by atoms with Crippen LogP contribution in [-0.4, -0.2) is 6.21 Å². The van der Waals surface area contributed by atoms with E-state index in [0.29, 0.717) is 0 Å². The molecule has 2 N–H and O–H groups in total. The van der Waals surface area contributed by atoms with Gasteiger partial charge in [-0.05, 0) is 16.7 Å². The molecule has 74 valence electrons. The van der Waals surface area contributed by atoms with Gasteiger partial charge >= 0.3 is 0 Å². The van der Waals surface area contributed by atoms with Crippen molar-refractivity contribution in [3.63, 3.8) is 0 Å². The highest BCUT2D eigenvalue weighted by molar-refractivity contribution is 5.80. The molecule has 15 heavy (non-hydrogen) atoms. The lowest BCUT2D eigenvalue weighted by atomic mass is 10.0. The largest absolute Gasteiger partial charge is 0.323 e. The Balaban J connectivity index is 2.32. The van der Waals surface area contributed by atoms with Gasteiger partial charge in [-0.3, -0.25) is 0 Å². The van der Waals surface area contributed by atoms with Gasteiger partial charge in [-0.1, -0.05) is 54.6 Å². The maximum Gasteiger partial charge on any atom is 0.0538 e. The molecule has 2 aromatic carbocycles. The number of hydrogen-bond acceptors (Lipinski definition) is 2. The first-order chi connectivity index (χ1) is 7.40. The average molecular weight is 196 g/mol. The summed E-state index contributed by atoms with van der Waals surface area (Å²) in [4.78, 5) is 0. The Hall–Kier alpha value is -2.09. The summed E-state index contributed by atoms with van der Waals surface area (Å²) in [6.45, 7) is 0. The highest BCUT2D eigenvalue weighted by Gasteiger charge is 1.95. The zero-order valence-electron chi connectivity index (χ0n) is 8.30. The van der Waals surface area contributed by atoms with Crippen LogP contribution in [0.5, 0.6) is 0 Å². The molecule has 0 amide bonds. The third kappa shape index (κ3) is 2.23. The molecule has 0 unspecified atom stereocenters. The van der Waals surface area contributed by atoms with Gasteiger partial charge in [-0.15, -0.1) is 0 Å². The molecular formula is C13H12N2. The van der Waals surface area contributed by atoms with Crippen LogP contribution >= 0.6 is 0 Å². The molecule has 0 bridgehead atoms. The molecule has 2 aromatic rings. The minimum Gasteiger partial charge on any atom is -0.323 e. The molecule has 0 aliphatic heterocycles. The lowest BCUT2D eigenvalue weighted by Crippen LogP contribution is -1.86. The van der Waals surface area contributed by atoms with E-state index in [1.165, 1.54) is 11.1 Å². The number of hydrazone groups is 1. The summed E-state index contributed by atoms with van der Waals surface area (Å²) in [5.74, 6) is 5.08. The zero-order chi connectivity index (χ0) is 10.5. The molecule has 0 radical (unpaired) electrons. The van der Waals surface area contributed by atoms with Crippen molar-refractivity contribution in [3.8, 4) is 11.1 Å². The summed E-state index contributed by atoms with van der Waals surface area (Å²) in [5.41, 5.74) is 3.43. The third-order valence-corrected chi connectivity index (χ3v) is 2.24. The van der Waals surface area contributed by atoms with E-state index in [0.717, 1.165) is 5.56 Å². The van der Waals surface area contributed by atoms with Gasteiger partial charge in [0.1, 0.15) is 0 Å². The fraction of sp³-hybridized carbons (Fsp3) is 0. The standard InChI is InChI=1S/C13H12N2/c14-15-10-11-6-8-13(9-7-11)12-4-2-1-3-5-12/h1-10H,14H2/b15-10+. The van der Waals surface area contributed by atoms with E-state index in [9.17, 15) is 0 Å². The third-order valence-electron chi connectivity index (χ3n) is 2.24. The van der Waals surface area contributed by atoms with Crippen LogP contribution in [0.25, 0.3) is 11.1 Å². The topological polar surface area (TPSA) is 38.4 Å². The van der Waals surface area contributed by atoms with Gasteiger partial charge in [-0.25, -0.2) is 0 Å². The minimum absolute atomic E-state index is 1.01. The van der Waals surface area contributed by atoms with Crippen LogP contribution in [0.4, 0.5) is 0 Å². The molecule has 0 spiro atoms. The lowest BCUT2D eigenvalue weighted by Gasteiger charge is -2.01. The summed E-state index contributed by atoms with van der Waals surface area (Å²) in [5, 5.41) is 3.48. The Morgan fingerprint density at radius 2 is 1.40 bits per heavy atom. The molecule has 0 heterocycles. The van der Waals surface area contributed by atoms with Crippen molar-refractivity contribution in [1.82, 2.24) is 0 Å². The highest BCUT2D eigenvalue weighted by Crippen LogP contribution is 2.18. The van der Waals surface area contributed by atoms with Crippen LogP contribution in [0.3, 0.4) is 0 Å². The van der Waals surface area contributed by atoms with E-state index in [1.54, 1.807) is 6.21 Å². The summed E-state index contributed by atoms with van der Waals surface area (Å²) in [7, 11) is 0. The Labute approximate surface area is 89.1 Å². The maximum absolute atomic E-state index is 5.08. The van der Waals surface area contributed by atoms with Crippen molar-refractivity contribution in [2.75, 3.05) is 0 Å². The predicted octanol–water partition coefficient (Wildman–Crippen LogP) is 2.65. The van der Waals surface area contributed by atoms with Crippen molar-refractivity contribution in [2.24, 2.45) is 10.9 Å². The number of hydrogen-bond donors (Lipinski definition) is 1. The first-order valence-corrected chi connectivity index (χ1v) is 4.79. The Kier molecular flexibility index (Phi) is 2.79. The van der Waals surface area contributed by atoms with E-state index in [4.69, 9.17) is 5.84 Å². The zero-order valence-corrected chi connectivity index (χ0v) is 8.30. The number of nitrogens with zero attached hydrogens (tertiary/aromatic N) is 1. The second kappa shape index (κ2) is 4.42. The van der Waals surface area contributed by atoms with E-state index in [2.05, 4.69) is 29.4 Å². The normalized spacial score (nSPS) is 10.7.